The molecule has 1 atom stereocenters. The van der Waals surface area contributed by atoms with Gasteiger partial charge in [-0.2, -0.15) is 0 Å². The van der Waals surface area contributed by atoms with Crippen LogP contribution >= 0.6 is 0 Å². The summed E-state index contributed by atoms with van der Waals surface area (Å²) >= 11 is 0. The molecular weight excluding hydrogens is 112 g/mol. The van der Waals surface area contributed by atoms with Crippen molar-refractivity contribution in [2.24, 2.45) is 11.8 Å². The Morgan fingerprint density at radius 1 is 1.33 bits per heavy atom. The molecule has 0 heterocycles. The number of hydrogen-bond acceptors (Lipinski definition) is 1. The molecule has 1 heteroatoms. The monoisotopic (exact) mass is 126 g/mol. The fourth-order valence-corrected chi connectivity index (χ4v) is 2.22. The van der Waals surface area contributed by atoms with E-state index >= 15 is 0 Å². The summed E-state index contributed by atoms with van der Waals surface area (Å²) in [7, 11) is 0. The lowest BCUT2D eigenvalue weighted by molar-refractivity contribution is 0.0413. The fraction of sp³-hybridized carbons (Fsp3) is 1.00. The van der Waals surface area contributed by atoms with Crippen LogP contribution in [0.1, 0.15) is 26.2 Å². The molecule has 0 saturated heterocycles. The molecule has 3 fully saturated rings. The zero-order valence-electron chi connectivity index (χ0n) is 5.97. The minimum absolute atomic E-state index is 0.653. The Morgan fingerprint density at radius 2 is 2.11 bits per heavy atom. The predicted molar refractivity (Wildman–Crippen MR) is 36.2 cm³/mol. The van der Waals surface area contributed by atoms with Crippen LogP contribution in [0.15, 0.2) is 0 Å². The Kier molecular flexibility index (Phi) is 1.26. The van der Waals surface area contributed by atoms with Gasteiger partial charge in [-0.3, -0.25) is 0 Å². The normalized spacial score (nSPS) is 47.0. The molecule has 0 radical (unpaired) electrons. The van der Waals surface area contributed by atoms with Gasteiger partial charge in [0.15, 0.2) is 0 Å². The van der Waals surface area contributed by atoms with Gasteiger partial charge in [0.1, 0.15) is 0 Å². The molecule has 0 amide bonds. The second-order valence-corrected chi connectivity index (χ2v) is 3.33. The summed E-state index contributed by atoms with van der Waals surface area (Å²) < 4.78 is 5.56. The molecule has 3 saturated carbocycles. The van der Waals surface area contributed by atoms with Crippen molar-refractivity contribution >= 4 is 0 Å². The molecule has 3 aliphatic rings. The molecule has 52 valence electrons. The third-order valence-corrected chi connectivity index (χ3v) is 2.74. The van der Waals surface area contributed by atoms with Gasteiger partial charge < -0.3 is 4.74 Å². The first-order valence-electron chi connectivity index (χ1n) is 4.01. The first kappa shape index (κ1) is 5.72. The van der Waals surface area contributed by atoms with E-state index in [1.165, 1.54) is 19.3 Å². The van der Waals surface area contributed by atoms with Crippen LogP contribution in [0.4, 0.5) is 0 Å². The van der Waals surface area contributed by atoms with Gasteiger partial charge in [0.05, 0.1) is 6.10 Å². The first-order chi connectivity index (χ1) is 4.40. The van der Waals surface area contributed by atoms with E-state index in [9.17, 15) is 0 Å². The van der Waals surface area contributed by atoms with Crippen LogP contribution in [0, 0.1) is 11.8 Å². The largest absolute Gasteiger partial charge is 0.378 e. The van der Waals surface area contributed by atoms with E-state index < -0.39 is 0 Å². The Bertz CT molecular complexity index is 105. The fourth-order valence-electron chi connectivity index (χ4n) is 2.22. The van der Waals surface area contributed by atoms with Gasteiger partial charge in [-0.05, 0) is 38.0 Å². The SMILES string of the molecule is CCOC1CC2CC1C2. The van der Waals surface area contributed by atoms with Crippen LogP contribution in [0.3, 0.4) is 0 Å². The quantitative estimate of drug-likeness (QED) is 0.548. The summed E-state index contributed by atoms with van der Waals surface area (Å²) in [6.45, 7) is 3.00. The highest BCUT2D eigenvalue weighted by Gasteiger charge is 2.44. The van der Waals surface area contributed by atoms with Crippen molar-refractivity contribution in [3.63, 3.8) is 0 Å². The summed E-state index contributed by atoms with van der Waals surface area (Å²) in [6, 6.07) is 0. The lowest BCUT2D eigenvalue weighted by Crippen LogP contribution is -2.19. The van der Waals surface area contributed by atoms with Gasteiger partial charge in [-0.1, -0.05) is 0 Å². The van der Waals surface area contributed by atoms with Crippen molar-refractivity contribution in [1.29, 1.82) is 0 Å². The Labute approximate surface area is 56.4 Å². The van der Waals surface area contributed by atoms with Crippen LogP contribution in [0.5, 0.6) is 0 Å². The molecule has 0 aliphatic heterocycles. The minimum Gasteiger partial charge on any atom is -0.378 e. The molecule has 0 N–H and O–H groups in total. The van der Waals surface area contributed by atoms with Gasteiger partial charge in [0.25, 0.3) is 0 Å². The molecule has 0 aromatic rings. The van der Waals surface area contributed by atoms with E-state index in [0.717, 1.165) is 18.4 Å². The summed E-state index contributed by atoms with van der Waals surface area (Å²) in [5.41, 5.74) is 0. The van der Waals surface area contributed by atoms with Gasteiger partial charge in [-0.15, -0.1) is 0 Å². The summed E-state index contributed by atoms with van der Waals surface area (Å²) in [6.07, 6.45) is 4.94. The van der Waals surface area contributed by atoms with E-state index in [0.29, 0.717) is 6.10 Å². The second kappa shape index (κ2) is 1.98. The molecule has 2 bridgehead atoms. The standard InChI is InChI=1S/C8H14O/c1-2-9-8-5-6-3-7(8)4-6/h6-8H,2-5H2,1H3. The van der Waals surface area contributed by atoms with E-state index in [1.54, 1.807) is 0 Å². The molecule has 0 aromatic heterocycles. The highest BCUT2D eigenvalue weighted by atomic mass is 16.5. The topological polar surface area (TPSA) is 9.23 Å². The smallest absolute Gasteiger partial charge is 0.0606 e. The number of ether oxygens (including phenoxy) is 1. The van der Waals surface area contributed by atoms with Crippen molar-refractivity contribution in [3.05, 3.63) is 0 Å². The molecule has 9 heavy (non-hydrogen) atoms. The van der Waals surface area contributed by atoms with Gasteiger partial charge in [0, 0.05) is 6.61 Å². The van der Waals surface area contributed by atoms with Crippen LogP contribution in [-0.4, -0.2) is 12.7 Å². The third-order valence-electron chi connectivity index (χ3n) is 2.74. The lowest BCUT2D eigenvalue weighted by atomic mass is 9.84. The summed E-state index contributed by atoms with van der Waals surface area (Å²) in [4.78, 5) is 0. The van der Waals surface area contributed by atoms with E-state index in [2.05, 4.69) is 6.92 Å². The van der Waals surface area contributed by atoms with Crippen molar-refractivity contribution in [1.82, 2.24) is 0 Å². The van der Waals surface area contributed by atoms with Crippen LogP contribution in [-0.2, 0) is 4.74 Å². The molecule has 1 unspecified atom stereocenters. The van der Waals surface area contributed by atoms with Gasteiger partial charge in [0.2, 0.25) is 0 Å². The average Bonchev–Trinajstić information content (AvgIpc) is 2.20. The number of fused-ring (bicyclic) bond motifs is 1. The molecule has 1 nitrogen and oxygen atoms in total. The average molecular weight is 126 g/mol. The van der Waals surface area contributed by atoms with Gasteiger partial charge in [-0.25, -0.2) is 0 Å². The first-order valence-corrected chi connectivity index (χ1v) is 4.01. The molecule has 0 spiro atoms. The highest BCUT2D eigenvalue weighted by Crippen LogP contribution is 2.49. The van der Waals surface area contributed by atoms with Crippen molar-refractivity contribution in [2.45, 2.75) is 32.3 Å². The minimum atomic E-state index is 0.653. The zero-order chi connectivity index (χ0) is 6.27. The lowest BCUT2D eigenvalue weighted by Gasteiger charge is -2.23. The van der Waals surface area contributed by atoms with E-state index in [4.69, 9.17) is 4.74 Å². The summed E-state index contributed by atoms with van der Waals surface area (Å²) in [5, 5.41) is 0. The maximum Gasteiger partial charge on any atom is 0.0606 e. The zero-order valence-corrected chi connectivity index (χ0v) is 5.97. The van der Waals surface area contributed by atoms with Crippen LogP contribution in [0.2, 0.25) is 0 Å². The Hall–Kier alpha value is -0.0400. The van der Waals surface area contributed by atoms with Crippen molar-refractivity contribution < 1.29 is 4.74 Å². The number of rotatable bonds is 2. The molecule has 3 aliphatic carbocycles. The third kappa shape index (κ3) is 0.787. The Balaban J connectivity index is 1.86. The molecule has 0 aromatic carbocycles. The van der Waals surface area contributed by atoms with Crippen molar-refractivity contribution in [3.8, 4) is 0 Å². The summed E-state index contributed by atoms with van der Waals surface area (Å²) in [5.74, 6) is 2.00. The highest BCUT2D eigenvalue weighted by molar-refractivity contribution is 4.95. The Morgan fingerprint density at radius 3 is 2.56 bits per heavy atom. The second-order valence-electron chi connectivity index (χ2n) is 3.33. The maximum absolute atomic E-state index is 5.56. The van der Waals surface area contributed by atoms with Gasteiger partial charge >= 0.3 is 0 Å². The van der Waals surface area contributed by atoms with Crippen LogP contribution < -0.4 is 0 Å². The predicted octanol–water partition coefficient (Wildman–Crippen LogP) is 1.82. The molecule has 3 rings (SSSR count). The van der Waals surface area contributed by atoms with E-state index in [-0.39, 0.29) is 0 Å². The van der Waals surface area contributed by atoms with E-state index in [1.807, 2.05) is 0 Å². The van der Waals surface area contributed by atoms with Crippen LogP contribution in [0.25, 0.3) is 0 Å². The molecular formula is C8H14O. The number of hydrogen-bond donors (Lipinski definition) is 0. The van der Waals surface area contributed by atoms with Crippen molar-refractivity contribution in [2.75, 3.05) is 6.61 Å². The maximum atomic E-state index is 5.56.